The zero-order valence-electron chi connectivity index (χ0n) is 12.4. The van der Waals surface area contributed by atoms with Crippen molar-refractivity contribution in [1.82, 2.24) is 10.2 Å². The Balaban J connectivity index is 1.70. The molecule has 1 atom stereocenters. The van der Waals surface area contributed by atoms with E-state index in [0.717, 1.165) is 39.3 Å². The third-order valence-electron chi connectivity index (χ3n) is 4.79. The van der Waals surface area contributed by atoms with Crippen LogP contribution in [-0.2, 0) is 4.74 Å². The highest BCUT2D eigenvalue weighted by Gasteiger charge is 2.31. The number of ether oxygens (including phenoxy) is 1. The lowest BCUT2D eigenvalue weighted by molar-refractivity contribution is -0.0276. The summed E-state index contributed by atoms with van der Waals surface area (Å²) >= 11 is 0. The molecule has 1 heterocycles. The molecule has 0 amide bonds. The Hall–Kier alpha value is -0.160. The molecule has 2 aliphatic rings. The van der Waals surface area contributed by atoms with Crippen LogP contribution in [-0.4, -0.2) is 62.0 Å². The van der Waals surface area contributed by atoms with E-state index in [0.29, 0.717) is 12.7 Å². The Morgan fingerprint density at radius 1 is 1.32 bits per heavy atom. The lowest BCUT2D eigenvalue weighted by atomic mass is 9.74. The lowest BCUT2D eigenvalue weighted by Gasteiger charge is -2.37. The van der Waals surface area contributed by atoms with Crippen molar-refractivity contribution in [3.63, 3.8) is 0 Å². The molecule has 1 aliphatic carbocycles. The molecule has 4 nitrogen and oxygen atoms in total. The number of aliphatic hydroxyl groups is 1. The summed E-state index contributed by atoms with van der Waals surface area (Å²) in [6.45, 7) is 8.45. The Morgan fingerprint density at radius 2 is 2.11 bits per heavy atom. The second-order valence-corrected chi connectivity index (χ2v) is 6.24. The first-order chi connectivity index (χ1) is 9.28. The van der Waals surface area contributed by atoms with Gasteiger partial charge < -0.3 is 15.2 Å². The molecule has 0 aromatic heterocycles. The van der Waals surface area contributed by atoms with Gasteiger partial charge in [0, 0.05) is 38.2 Å². The van der Waals surface area contributed by atoms with E-state index < -0.39 is 0 Å². The van der Waals surface area contributed by atoms with Gasteiger partial charge in [-0.05, 0) is 19.4 Å². The first-order valence-electron chi connectivity index (χ1n) is 7.93. The standard InChI is InChI=1S/C15H30N2O2/c1-2-17-8-9-19-14(11-17)10-16-12-15(13-18)6-4-3-5-7-15/h14,16,18H,2-13H2,1H3. The smallest absolute Gasteiger partial charge is 0.0826 e. The fourth-order valence-electron chi connectivity index (χ4n) is 3.38. The molecular formula is C15H30N2O2. The molecule has 4 heteroatoms. The second-order valence-electron chi connectivity index (χ2n) is 6.24. The topological polar surface area (TPSA) is 44.7 Å². The molecule has 2 N–H and O–H groups in total. The SMILES string of the molecule is CCN1CCOC(CNCC2(CO)CCCCC2)C1. The predicted octanol–water partition coefficient (Wildman–Crippen LogP) is 1.24. The van der Waals surface area contributed by atoms with Crippen LogP contribution >= 0.6 is 0 Å². The largest absolute Gasteiger partial charge is 0.396 e. The van der Waals surface area contributed by atoms with Gasteiger partial charge in [0.05, 0.1) is 12.7 Å². The van der Waals surface area contributed by atoms with E-state index in [2.05, 4.69) is 17.1 Å². The summed E-state index contributed by atoms with van der Waals surface area (Å²) in [5.74, 6) is 0. The summed E-state index contributed by atoms with van der Waals surface area (Å²) in [4.78, 5) is 2.44. The molecule has 2 fully saturated rings. The third kappa shape index (κ3) is 4.42. The van der Waals surface area contributed by atoms with Gasteiger partial charge in [0.1, 0.15) is 0 Å². The van der Waals surface area contributed by atoms with Gasteiger partial charge >= 0.3 is 0 Å². The normalized spacial score (nSPS) is 28.4. The first kappa shape index (κ1) is 15.2. The van der Waals surface area contributed by atoms with Gasteiger partial charge in [0.25, 0.3) is 0 Å². The van der Waals surface area contributed by atoms with Gasteiger partial charge in [-0.3, -0.25) is 4.90 Å². The van der Waals surface area contributed by atoms with Crippen LogP contribution in [0.1, 0.15) is 39.0 Å². The molecule has 112 valence electrons. The van der Waals surface area contributed by atoms with Crippen molar-refractivity contribution in [3.8, 4) is 0 Å². The van der Waals surface area contributed by atoms with E-state index in [-0.39, 0.29) is 5.41 Å². The van der Waals surface area contributed by atoms with Gasteiger partial charge in [-0.2, -0.15) is 0 Å². The van der Waals surface area contributed by atoms with Crippen LogP contribution in [0.3, 0.4) is 0 Å². The van der Waals surface area contributed by atoms with E-state index >= 15 is 0 Å². The summed E-state index contributed by atoms with van der Waals surface area (Å²) in [7, 11) is 0. The molecule has 19 heavy (non-hydrogen) atoms. The summed E-state index contributed by atoms with van der Waals surface area (Å²) < 4.78 is 5.80. The van der Waals surface area contributed by atoms with Crippen molar-refractivity contribution in [2.24, 2.45) is 5.41 Å². The van der Waals surface area contributed by atoms with Gasteiger partial charge in [-0.25, -0.2) is 0 Å². The summed E-state index contributed by atoms with van der Waals surface area (Å²) in [5, 5.41) is 13.2. The van der Waals surface area contributed by atoms with Crippen LogP contribution in [0.25, 0.3) is 0 Å². The highest BCUT2D eigenvalue weighted by atomic mass is 16.5. The van der Waals surface area contributed by atoms with Crippen molar-refractivity contribution in [1.29, 1.82) is 0 Å². The maximum absolute atomic E-state index is 9.68. The number of rotatable bonds is 6. The number of nitrogens with zero attached hydrogens (tertiary/aromatic N) is 1. The fraction of sp³-hybridized carbons (Fsp3) is 1.00. The molecule has 0 aromatic rings. The zero-order chi connectivity index (χ0) is 13.6. The van der Waals surface area contributed by atoms with Gasteiger partial charge in [-0.1, -0.05) is 26.2 Å². The van der Waals surface area contributed by atoms with Crippen LogP contribution in [0.2, 0.25) is 0 Å². The number of hydrogen-bond acceptors (Lipinski definition) is 4. The molecular weight excluding hydrogens is 240 g/mol. The van der Waals surface area contributed by atoms with E-state index in [4.69, 9.17) is 4.74 Å². The lowest BCUT2D eigenvalue weighted by Crippen LogP contribution is -2.48. The summed E-state index contributed by atoms with van der Waals surface area (Å²) in [6, 6.07) is 0. The number of aliphatic hydroxyl groups excluding tert-OH is 1. The molecule has 0 spiro atoms. The Kier molecular flexibility index (Phi) is 6.07. The molecule has 1 saturated carbocycles. The minimum absolute atomic E-state index is 0.136. The quantitative estimate of drug-likeness (QED) is 0.762. The summed E-state index contributed by atoms with van der Waals surface area (Å²) in [5.41, 5.74) is 0.136. The van der Waals surface area contributed by atoms with Crippen molar-refractivity contribution < 1.29 is 9.84 Å². The fourth-order valence-corrected chi connectivity index (χ4v) is 3.38. The maximum Gasteiger partial charge on any atom is 0.0826 e. The Labute approximate surface area is 117 Å². The van der Waals surface area contributed by atoms with Crippen molar-refractivity contribution >= 4 is 0 Å². The molecule has 0 radical (unpaired) electrons. The summed E-state index contributed by atoms with van der Waals surface area (Å²) in [6.07, 6.45) is 6.52. The van der Waals surface area contributed by atoms with E-state index in [1.54, 1.807) is 0 Å². The number of hydrogen-bond donors (Lipinski definition) is 2. The Morgan fingerprint density at radius 3 is 2.79 bits per heavy atom. The van der Waals surface area contributed by atoms with Gasteiger partial charge in [-0.15, -0.1) is 0 Å². The first-order valence-corrected chi connectivity index (χ1v) is 7.93. The number of likely N-dealkylation sites (N-methyl/N-ethyl adjacent to an activating group) is 1. The molecule has 1 aliphatic heterocycles. The molecule has 1 saturated heterocycles. The van der Waals surface area contributed by atoms with E-state index in [1.807, 2.05) is 0 Å². The van der Waals surface area contributed by atoms with Crippen molar-refractivity contribution in [3.05, 3.63) is 0 Å². The number of nitrogens with one attached hydrogen (secondary N) is 1. The van der Waals surface area contributed by atoms with Gasteiger partial charge in [0.2, 0.25) is 0 Å². The molecule has 2 rings (SSSR count). The third-order valence-corrected chi connectivity index (χ3v) is 4.79. The van der Waals surface area contributed by atoms with Crippen molar-refractivity contribution in [2.45, 2.75) is 45.1 Å². The van der Waals surface area contributed by atoms with E-state index in [1.165, 1.54) is 32.1 Å². The monoisotopic (exact) mass is 270 g/mol. The van der Waals surface area contributed by atoms with Crippen molar-refractivity contribution in [2.75, 3.05) is 45.9 Å². The predicted molar refractivity (Wildman–Crippen MR) is 77.3 cm³/mol. The highest BCUT2D eigenvalue weighted by Crippen LogP contribution is 2.35. The van der Waals surface area contributed by atoms with E-state index in [9.17, 15) is 5.11 Å². The molecule has 0 bridgehead atoms. The average molecular weight is 270 g/mol. The average Bonchev–Trinajstić information content (AvgIpc) is 2.48. The second kappa shape index (κ2) is 7.58. The van der Waals surface area contributed by atoms with Crippen LogP contribution in [0.15, 0.2) is 0 Å². The highest BCUT2D eigenvalue weighted by molar-refractivity contribution is 4.85. The van der Waals surface area contributed by atoms with Crippen LogP contribution in [0.4, 0.5) is 0 Å². The maximum atomic E-state index is 9.68. The molecule has 0 aromatic carbocycles. The minimum Gasteiger partial charge on any atom is -0.396 e. The number of morpholine rings is 1. The minimum atomic E-state index is 0.136. The van der Waals surface area contributed by atoms with Crippen LogP contribution in [0.5, 0.6) is 0 Å². The van der Waals surface area contributed by atoms with Crippen LogP contribution in [0, 0.1) is 5.41 Å². The molecule has 1 unspecified atom stereocenters. The Bertz CT molecular complexity index is 255. The zero-order valence-corrected chi connectivity index (χ0v) is 12.4. The van der Waals surface area contributed by atoms with Crippen LogP contribution < -0.4 is 5.32 Å². The van der Waals surface area contributed by atoms with Gasteiger partial charge in [0.15, 0.2) is 0 Å².